The average Bonchev–Trinajstić information content (AvgIpc) is 2.83. The largest absolute Gasteiger partial charge is 0.361 e. The Kier molecular flexibility index (Phi) is 4.90. The molecule has 18 heavy (non-hydrogen) atoms. The molecule has 5 heteroatoms. The molecule has 1 aromatic heterocycles. The number of aromatic nitrogens is 1. The van der Waals surface area contributed by atoms with Gasteiger partial charge in [-0.3, -0.25) is 9.69 Å². The van der Waals surface area contributed by atoms with Crippen molar-refractivity contribution in [3.05, 3.63) is 17.5 Å². The molecule has 0 aliphatic rings. The number of carbonyl (C=O) groups excluding carboxylic acids is 1. The van der Waals surface area contributed by atoms with Gasteiger partial charge in [-0.1, -0.05) is 19.0 Å². The third kappa shape index (κ3) is 3.57. The zero-order valence-electron chi connectivity index (χ0n) is 11.9. The first-order chi connectivity index (χ1) is 8.40. The second-order valence-electron chi connectivity index (χ2n) is 5.04. The molecule has 1 rings (SSSR count). The van der Waals surface area contributed by atoms with Crippen molar-refractivity contribution in [3.8, 4) is 0 Å². The van der Waals surface area contributed by atoms with Gasteiger partial charge in [0.15, 0.2) is 5.69 Å². The van der Waals surface area contributed by atoms with Gasteiger partial charge in [0.2, 0.25) is 0 Å². The second kappa shape index (κ2) is 6.00. The number of nitrogens with zero attached hydrogens (tertiary/aromatic N) is 2. The minimum Gasteiger partial charge on any atom is -0.361 e. The van der Waals surface area contributed by atoms with Gasteiger partial charge in [-0.05, 0) is 27.4 Å². The van der Waals surface area contributed by atoms with E-state index in [0.29, 0.717) is 12.2 Å². The molecule has 5 nitrogen and oxygen atoms in total. The first-order valence-corrected chi connectivity index (χ1v) is 6.35. The number of rotatable bonds is 6. The molecule has 1 heterocycles. The molecule has 0 aromatic carbocycles. The summed E-state index contributed by atoms with van der Waals surface area (Å²) in [6.45, 7) is 9.75. The van der Waals surface area contributed by atoms with Crippen molar-refractivity contribution in [2.75, 3.05) is 20.1 Å². The maximum Gasteiger partial charge on any atom is 0.273 e. The molecule has 0 atom stereocenters. The van der Waals surface area contributed by atoms with Crippen LogP contribution in [0.4, 0.5) is 0 Å². The lowest BCUT2D eigenvalue weighted by atomic mass is 10.0. The first-order valence-electron chi connectivity index (χ1n) is 6.35. The summed E-state index contributed by atoms with van der Waals surface area (Å²) in [6, 6.07) is 1.69. The van der Waals surface area contributed by atoms with Gasteiger partial charge in [-0.25, -0.2) is 0 Å². The minimum absolute atomic E-state index is 0.0816. The predicted molar refractivity (Wildman–Crippen MR) is 70.6 cm³/mol. The number of likely N-dealkylation sites (N-methyl/N-ethyl adjacent to an activating group) is 1. The maximum absolute atomic E-state index is 11.9. The van der Waals surface area contributed by atoms with Gasteiger partial charge in [0.05, 0.1) is 0 Å². The zero-order chi connectivity index (χ0) is 13.8. The van der Waals surface area contributed by atoms with Crippen molar-refractivity contribution in [2.45, 2.75) is 39.7 Å². The van der Waals surface area contributed by atoms with Gasteiger partial charge >= 0.3 is 0 Å². The van der Waals surface area contributed by atoms with Crippen LogP contribution < -0.4 is 5.32 Å². The molecule has 102 valence electrons. The van der Waals surface area contributed by atoms with E-state index in [0.717, 1.165) is 18.7 Å². The average molecular weight is 253 g/mol. The van der Waals surface area contributed by atoms with Crippen LogP contribution in [0.15, 0.2) is 10.6 Å². The van der Waals surface area contributed by atoms with Crippen LogP contribution in [0, 0.1) is 0 Å². The standard InChI is InChI=1S/C13H23N3O2/c1-6-10-8-11(15-18-10)12(17)14-9-13(3,4)16(5)7-2/h8H,6-7,9H2,1-5H3,(H,14,17). The minimum atomic E-state index is -0.184. The molecular weight excluding hydrogens is 230 g/mol. The normalized spacial score (nSPS) is 11.9. The Bertz CT molecular complexity index is 399. The lowest BCUT2D eigenvalue weighted by Crippen LogP contribution is -2.49. The number of nitrogens with one attached hydrogen (secondary N) is 1. The Morgan fingerprint density at radius 2 is 2.17 bits per heavy atom. The summed E-state index contributed by atoms with van der Waals surface area (Å²) in [5.74, 6) is 0.543. The SMILES string of the molecule is CCc1cc(C(=O)NCC(C)(C)N(C)CC)no1. The van der Waals surface area contributed by atoms with E-state index < -0.39 is 0 Å². The molecule has 0 radical (unpaired) electrons. The number of aryl methyl sites for hydroxylation is 1. The van der Waals surface area contributed by atoms with Crippen molar-refractivity contribution >= 4 is 5.91 Å². The summed E-state index contributed by atoms with van der Waals surface area (Å²) in [5.41, 5.74) is 0.267. The molecule has 0 spiro atoms. The quantitative estimate of drug-likeness (QED) is 0.838. The molecule has 0 saturated heterocycles. The molecule has 1 aromatic rings. The Labute approximate surface area is 109 Å². The Morgan fingerprint density at radius 1 is 1.50 bits per heavy atom. The van der Waals surface area contributed by atoms with Crippen LogP contribution in [0.3, 0.4) is 0 Å². The fourth-order valence-corrected chi connectivity index (χ4v) is 1.54. The third-order valence-electron chi connectivity index (χ3n) is 3.33. The van der Waals surface area contributed by atoms with E-state index in [1.54, 1.807) is 6.07 Å². The van der Waals surface area contributed by atoms with Crippen LogP contribution in [0.1, 0.15) is 43.9 Å². The Morgan fingerprint density at radius 3 is 2.67 bits per heavy atom. The summed E-state index contributed by atoms with van der Waals surface area (Å²) in [5, 5.41) is 6.64. The van der Waals surface area contributed by atoms with Crippen molar-refractivity contribution in [3.63, 3.8) is 0 Å². The highest BCUT2D eigenvalue weighted by Gasteiger charge is 2.23. The topological polar surface area (TPSA) is 58.4 Å². The Hall–Kier alpha value is -1.36. The van der Waals surface area contributed by atoms with Crippen LogP contribution >= 0.6 is 0 Å². The Balaban J connectivity index is 2.55. The van der Waals surface area contributed by atoms with E-state index in [9.17, 15) is 4.79 Å². The summed E-state index contributed by atoms with van der Waals surface area (Å²) in [6.07, 6.45) is 0.740. The molecule has 0 fully saturated rings. The molecule has 1 N–H and O–H groups in total. The molecule has 1 amide bonds. The summed E-state index contributed by atoms with van der Waals surface area (Å²) >= 11 is 0. The number of amides is 1. The van der Waals surface area contributed by atoms with Gasteiger partial charge in [0.1, 0.15) is 5.76 Å². The fraction of sp³-hybridized carbons (Fsp3) is 0.692. The van der Waals surface area contributed by atoms with Gasteiger partial charge in [-0.2, -0.15) is 0 Å². The van der Waals surface area contributed by atoms with Crippen LogP contribution in [0.25, 0.3) is 0 Å². The molecule has 0 saturated carbocycles. The smallest absolute Gasteiger partial charge is 0.273 e. The van der Waals surface area contributed by atoms with E-state index in [-0.39, 0.29) is 11.4 Å². The summed E-state index contributed by atoms with van der Waals surface area (Å²) in [4.78, 5) is 14.1. The van der Waals surface area contributed by atoms with Crippen molar-refractivity contribution in [1.82, 2.24) is 15.4 Å². The van der Waals surface area contributed by atoms with Crippen LogP contribution in [-0.2, 0) is 6.42 Å². The van der Waals surface area contributed by atoms with E-state index in [1.165, 1.54) is 0 Å². The molecule has 0 unspecified atom stereocenters. The highest BCUT2D eigenvalue weighted by molar-refractivity contribution is 5.92. The zero-order valence-corrected chi connectivity index (χ0v) is 11.9. The summed E-state index contributed by atoms with van der Waals surface area (Å²) < 4.78 is 5.01. The summed E-state index contributed by atoms with van der Waals surface area (Å²) in [7, 11) is 2.04. The van der Waals surface area contributed by atoms with Crippen LogP contribution in [0.2, 0.25) is 0 Å². The van der Waals surface area contributed by atoms with Gasteiger partial charge < -0.3 is 9.84 Å². The van der Waals surface area contributed by atoms with E-state index in [1.807, 2.05) is 14.0 Å². The molecule has 0 aliphatic carbocycles. The number of hydrogen-bond donors (Lipinski definition) is 1. The monoisotopic (exact) mass is 253 g/mol. The van der Waals surface area contributed by atoms with Crippen LogP contribution in [0.5, 0.6) is 0 Å². The maximum atomic E-state index is 11.9. The highest BCUT2D eigenvalue weighted by Crippen LogP contribution is 2.11. The predicted octanol–water partition coefficient (Wildman–Crippen LogP) is 1.70. The lowest BCUT2D eigenvalue weighted by molar-refractivity contribution is 0.0899. The van der Waals surface area contributed by atoms with Crippen LogP contribution in [-0.4, -0.2) is 41.6 Å². The van der Waals surface area contributed by atoms with Gasteiger partial charge in [0, 0.05) is 24.6 Å². The third-order valence-corrected chi connectivity index (χ3v) is 3.33. The molecular formula is C13H23N3O2. The fourth-order valence-electron chi connectivity index (χ4n) is 1.54. The molecule has 0 aliphatic heterocycles. The van der Waals surface area contributed by atoms with Crippen molar-refractivity contribution < 1.29 is 9.32 Å². The van der Waals surface area contributed by atoms with Crippen molar-refractivity contribution in [1.29, 1.82) is 0 Å². The second-order valence-corrected chi connectivity index (χ2v) is 5.04. The number of carbonyl (C=O) groups is 1. The molecule has 0 bridgehead atoms. The van der Waals surface area contributed by atoms with Gasteiger partial charge in [0.25, 0.3) is 5.91 Å². The van der Waals surface area contributed by atoms with Crippen molar-refractivity contribution in [2.24, 2.45) is 0 Å². The first kappa shape index (κ1) is 14.7. The highest BCUT2D eigenvalue weighted by atomic mass is 16.5. The van der Waals surface area contributed by atoms with Gasteiger partial charge in [-0.15, -0.1) is 0 Å². The van der Waals surface area contributed by atoms with E-state index >= 15 is 0 Å². The van der Waals surface area contributed by atoms with E-state index in [4.69, 9.17) is 4.52 Å². The van der Waals surface area contributed by atoms with E-state index in [2.05, 4.69) is 36.1 Å². The lowest BCUT2D eigenvalue weighted by Gasteiger charge is -2.34. The number of hydrogen-bond acceptors (Lipinski definition) is 4.